The Kier molecular flexibility index (Phi) is 2.83. The van der Waals surface area contributed by atoms with Gasteiger partial charge in [0.15, 0.2) is 5.82 Å². The molecule has 19 heavy (non-hydrogen) atoms. The molecule has 8 heteroatoms. The molecule has 3 rings (SSSR count). The van der Waals surface area contributed by atoms with Gasteiger partial charge in [-0.2, -0.15) is 4.98 Å². The number of aliphatic hydroxyl groups excluding tert-OH is 1. The first-order valence-electron chi connectivity index (χ1n) is 5.76. The fourth-order valence-electron chi connectivity index (χ4n) is 2.41. The monoisotopic (exact) mass is 288 g/mol. The van der Waals surface area contributed by atoms with Gasteiger partial charge in [0.05, 0.1) is 19.2 Å². The molecule has 1 aliphatic rings. The second-order valence-electron chi connectivity index (χ2n) is 4.57. The van der Waals surface area contributed by atoms with Crippen LogP contribution in [-0.4, -0.2) is 44.8 Å². The van der Waals surface area contributed by atoms with Crippen molar-refractivity contribution in [3.63, 3.8) is 0 Å². The summed E-state index contributed by atoms with van der Waals surface area (Å²) in [5.74, 6) is -2.52. The van der Waals surface area contributed by atoms with Gasteiger partial charge in [-0.3, -0.25) is 0 Å². The van der Waals surface area contributed by atoms with E-state index < -0.39 is 24.9 Å². The largest absolute Gasteiger partial charge is 0.394 e. The fraction of sp³-hybridized carbons (Fsp3) is 0.455. The van der Waals surface area contributed by atoms with Gasteiger partial charge in [-0.1, -0.05) is 0 Å². The van der Waals surface area contributed by atoms with Gasteiger partial charge < -0.3 is 10.0 Å². The van der Waals surface area contributed by atoms with Crippen LogP contribution in [0.4, 0.5) is 14.6 Å². The number of rotatable bonds is 2. The lowest BCUT2D eigenvalue weighted by atomic mass is 10.2. The van der Waals surface area contributed by atoms with E-state index in [9.17, 15) is 13.9 Å². The number of halogens is 3. The summed E-state index contributed by atoms with van der Waals surface area (Å²) in [5, 5.41) is 13.2. The third kappa shape index (κ3) is 2.12. The highest BCUT2D eigenvalue weighted by Crippen LogP contribution is 2.36. The van der Waals surface area contributed by atoms with E-state index in [-0.39, 0.29) is 11.9 Å². The summed E-state index contributed by atoms with van der Waals surface area (Å²) >= 11 is 5.80. The van der Waals surface area contributed by atoms with E-state index in [1.807, 2.05) is 0 Å². The molecule has 0 bridgehead atoms. The fourth-order valence-corrected chi connectivity index (χ4v) is 2.57. The minimum absolute atomic E-state index is 0.0226. The molecule has 1 fully saturated rings. The first-order valence-corrected chi connectivity index (χ1v) is 6.14. The van der Waals surface area contributed by atoms with Crippen LogP contribution >= 0.6 is 11.6 Å². The quantitative estimate of drug-likeness (QED) is 0.912. The van der Waals surface area contributed by atoms with Crippen molar-refractivity contribution in [1.29, 1.82) is 0 Å². The first-order chi connectivity index (χ1) is 9.00. The van der Waals surface area contributed by atoms with Gasteiger partial charge in [0.2, 0.25) is 5.28 Å². The number of aromatic nitrogens is 3. The van der Waals surface area contributed by atoms with Crippen molar-refractivity contribution >= 4 is 22.9 Å². The summed E-state index contributed by atoms with van der Waals surface area (Å²) in [7, 11) is 0. The SMILES string of the molecule is OCC1CC(F)(F)CN1c1nc(Cl)nn2cccc12. The van der Waals surface area contributed by atoms with Crippen LogP contribution in [0, 0.1) is 0 Å². The summed E-state index contributed by atoms with van der Waals surface area (Å²) < 4.78 is 28.5. The van der Waals surface area contributed by atoms with Gasteiger partial charge in [-0.15, -0.1) is 5.10 Å². The van der Waals surface area contributed by atoms with Gasteiger partial charge in [0, 0.05) is 12.6 Å². The Morgan fingerprint density at radius 1 is 1.53 bits per heavy atom. The normalized spacial score (nSPS) is 22.3. The number of nitrogens with zero attached hydrogens (tertiary/aromatic N) is 4. The lowest BCUT2D eigenvalue weighted by Gasteiger charge is -2.23. The molecule has 102 valence electrons. The van der Waals surface area contributed by atoms with E-state index in [0.717, 1.165) is 0 Å². The average Bonchev–Trinajstić information content (AvgIpc) is 2.91. The summed E-state index contributed by atoms with van der Waals surface area (Å²) in [6, 6.07) is 2.78. The molecular weight excluding hydrogens is 278 g/mol. The van der Waals surface area contributed by atoms with Crippen LogP contribution in [0.15, 0.2) is 18.3 Å². The van der Waals surface area contributed by atoms with Crippen molar-refractivity contribution in [3.05, 3.63) is 23.6 Å². The van der Waals surface area contributed by atoms with Crippen LogP contribution in [0.5, 0.6) is 0 Å². The smallest absolute Gasteiger partial charge is 0.267 e. The van der Waals surface area contributed by atoms with E-state index in [2.05, 4.69) is 10.1 Å². The Bertz CT molecular complexity index is 618. The Morgan fingerprint density at radius 2 is 2.32 bits per heavy atom. The third-order valence-corrected chi connectivity index (χ3v) is 3.37. The molecule has 5 nitrogen and oxygen atoms in total. The van der Waals surface area contributed by atoms with Gasteiger partial charge in [0.25, 0.3) is 5.92 Å². The zero-order valence-electron chi connectivity index (χ0n) is 9.80. The summed E-state index contributed by atoms with van der Waals surface area (Å²) in [5.41, 5.74) is 0.584. The van der Waals surface area contributed by atoms with E-state index in [1.165, 1.54) is 9.42 Å². The molecule has 1 saturated heterocycles. The Morgan fingerprint density at radius 3 is 3.05 bits per heavy atom. The molecule has 2 aromatic heterocycles. The van der Waals surface area contributed by atoms with Crippen molar-refractivity contribution < 1.29 is 13.9 Å². The number of alkyl halides is 2. The van der Waals surface area contributed by atoms with Crippen LogP contribution in [0.25, 0.3) is 5.52 Å². The average molecular weight is 289 g/mol. The highest BCUT2D eigenvalue weighted by molar-refractivity contribution is 6.28. The van der Waals surface area contributed by atoms with Crippen LogP contribution < -0.4 is 4.90 Å². The van der Waals surface area contributed by atoms with Gasteiger partial charge in [0.1, 0.15) is 5.52 Å². The lowest BCUT2D eigenvalue weighted by molar-refractivity contribution is 0.0201. The van der Waals surface area contributed by atoms with E-state index >= 15 is 0 Å². The maximum atomic E-state index is 13.5. The standard InChI is InChI=1S/C11H11ClF2N4O/c12-10-15-9(8-2-1-3-18(8)16-10)17-6-11(13,14)4-7(17)5-19/h1-3,7,19H,4-6H2. The Labute approximate surface area is 112 Å². The molecular formula is C11H11ClF2N4O. The minimum Gasteiger partial charge on any atom is -0.394 e. The highest BCUT2D eigenvalue weighted by atomic mass is 35.5. The predicted octanol–water partition coefficient (Wildman–Crippen LogP) is 1.59. The molecule has 0 amide bonds. The number of fused-ring (bicyclic) bond motifs is 1. The van der Waals surface area contributed by atoms with E-state index in [1.54, 1.807) is 18.3 Å². The van der Waals surface area contributed by atoms with Crippen molar-refractivity contribution in [2.24, 2.45) is 0 Å². The topological polar surface area (TPSA) is 53.7 Å². The summed E-state index contributed by atoms with van der Waals surface area (Å²) in [6.45, 7) is -0.837. The summed E-state index contributed by atoms with van der Waals surface area (Å²) in [6.07, 6.45) is 1.27. The summed E-state index contributed by atoms with van der Waals surface area (Å²) in [4.78, 5) is 5.43. The number of anilines is 1. The van der Waals surface area contributed by atoms with Crippen LogP contribution in [0.3, 0.4) is 0 Å². The maximum Gasteiger partial charge on any atom is 0.267 e. The Balaban J connectivity index is 2.10. The van der Waals surface area contributed by atoms with Crippen molar-refractivity contribution in [1.82, 2.24) is 14.6 Å². The van der Waals surface area contributed by atoms with Gasteiger partial charge >= 0.3 is 0 Å². The molecule has 0 spiro atoms. The predicted molar refractivity (Wildman–Crippen MR) is 65.8 cm³/mol. The molecule has 0 aliphatic carbocycles. The second kappa shape index (κ2) is 4.28. The molecule has 0 radical (unpaired) electrons. The zero-order valence-corrected chi connectivity index (χ0v) is 10.6. The number of hydrogen-bond donors (Lipinski definition) is 1. The van der Waals surface area contributed by atoms with Crippen molar-refractivity contribution in [2.75, 3.05) is 18.1 Å². The molecule has 3 heterocycles. The number of aliphatic hydroxyl groups is 1. The van der Waals surface area contributed by atoms with E-state index in [0.29, 0.717) is 11.3 Å². The molecule has 1 N–H and O–H groups in total. The van der Waals surface area contributed by atoms with Crippen molar-refractivity contribution in [3.8, 4) is 0 Å². The first kappa shape index (κ1) is 12.6. The highest BCUT2D eigenvalue weighted by Gasteiger charge is 2.45. The molecule has 0 aromatic carbocycles. The van der Waals surface area contributed by atoms with Crippen LogP contribution in [0.1, 0.15) is 6.42 Å². The van der Waals surface area contributed by atoms with E-state index in [4.69, 9.17) is 11.6 Å². The van der Waals surface area contributed by atoms with Crippen molar-refractivity contribution in [2.45, 2.75) is 18.4 Å². The molecule has 2 aromatic rings. The lowest BCUT2D eigenvalue weighted by Crippen LogP contribution is -2.34. The number of hydrogen-bond acceptors (Lipinski definition) is 4. The zero-order chi connectivity index (χ0) is 13.6. The minimum atomic E-state index is -2.84. The van der Waals surface area contributed by atoms with Gasteiger partial charge in [-0.05, 0) is 23.7 Å². The Hall–Kier alpha value is -1.47. The third-order valence-electron chi connectivity index (χ3n) is 3.21. The van der Waals surface area contributed by atoms with Crippen LogP contribution in [0.2, 0.25) is 5.28 Å². The molecule has 1 unspecified atom stereocenters. The molecule has 1 atom stereocenters. The van der Waals surface area contributed by atoms with Gasteiger partial charge in [-0.25, -0.2) is 13.3 Å². The maximum absolute atomic E-state index is 13.5. The van der Waals surface area contributed by atoms with Crippen LogP contribution in [-0.2, 0) is 0 Å². The molecule has 0 saturated carbocycles. The second-order valence-corrected chi connectivity index (χ2v) is 4.90. The molecule has 1 aliphatic heterocycles.